The predicted octanol–water partition coefficient (Wildman–Crippen LogP) is 2.97. The molecule has 0 aliphatic heterocycles. The summed E-state index contributed by atoms with van der Waals surface area (Å²) in [6.07, 6.45) is 0. The Hall–Kier alpha value is -1.79. The van der Waals surface area contributed by atoms with Gasteiger partial charge in [0.05, 0.1) is 4.47 Å². The van der Waals surface area contributed by atoms with Crippen LogP contribution in [0, 0.1) is 4.77 Å². The third-order valence-corrected chi connectivity index (χ3v) is 3.60. The summed E-state index contributed by atoms with van der Waals surface area (Å²) < 4.78 is 3.18. The van der Waals surface area contributed by atoms with Crippen molar-refractivity contribution in [2.75, 3.05) is 0 Å². The third kappa shape index (κ3) is 2.36. The van der Waals surface area contributed by atoms with E-state index in [-0.39, 0.29) is 0 Å². The van der Waals surface area contributed by atoms with Crippen LogP contribution >= 0.6 is 28.1 Å². The largest absolute Gasteiger partial charge is 0.353 e. The van der Waals surface area contributed by atoms with Crippen LogP contribution in [-0.4, -0.2) is 15.0 Å². The van der Waals surface area contributed by atoms with E-state index in [4.69, 9.17) is 12.2 Å². The number of para-hydroxylation sites is 2. The fraction of sp³-hybridized carbons (Fsp3) is 0. The number of rotatable bonds is 2. The van der Waals surface area contributed by atoms with Crippen LogP contribution in [0.3, 0.4) is 0 Å². The van der Waals surface area contributed by atoms with Crippen molar-refractivity contribution < 1.29 is 4.80 Å². The molecule has 94 valence electrons. The molecule has 0 saturated heterocycles. The van der Waals surface area contributed by atoms with E-state index in [1.54, 1.807) is 9.48 Å². The molecule has 0 saturated carbocycles. The van der Waals surface area contributed by atoms with E-state index in [1.165, 1.54) is 0 Å². The maximum absolute atomic E-state index is 5.29. The fourth-order valence-corrected chi connectivity index (χ4v) is 2.45. The molecule has 0 spiro atoms. The van der Waals surface area contributed by atoms with Gasteiger partial charge >= 0.3 is 4.77 Å². The minimum atomic E-state index is 0.468. The standard InChI is InChI=1S/C13H9BrN4S/c14-11-8-4-5-9-12(11)17-13(19)15-18(16-17)10-6-2-1-3-7-10/h1-9H/p+1. The maximum atomic E-state index is 5.29. The van der Waals surface area contributed by atoms with E-state index in [1.807, 2.05) is 54.6 Å². The molecule has 1 heterocycles. The third-order valence-electron chi connectivity index (χ3n) is 2.67. The molecule has 4 nitrogen and oxygen atoms in total. The number of halogens is 1. The lowest BCUT2D eigenvalue weighted by atomic mass is 10.3. The second kappa shape index (κ2) is 5.07. The van der Waals surface area contributed by atoms with Gasteiger partial charge in [0, 0.05) is 5.10 Å². The molecule has 3 rings (SSSR count). The summed E-state index contributed by atoms with van der Waals surface area (Å²) in [6, 6.07) is 17.6. The number of aromatic amines is 1. The van der Waals surface area contributed by atoms with Crippen molar-refractivity contribution in [2.45, 2.75) is 0 Å². The van der Waals surface area contributed by atoms with Crippen LogP contribution in [0.1, 0.15) is 0 Å². The van der Waals surface area contributed by atoms with Crippen LogP contribution in [0.25, 0.3) is 11.4 Å². The van der Waals surface area contributed by atoms with Gasteiger partial charge < -0.3 is 0 Å². The molecule has 0 fully saturated rings. The van der Waals surface area contributed by atoms with Crippen molar-refractivity contribution in [3.05, 3.63) is 63.8 Å². The van der Waals surface area contributed by atoms with Gasteiger partial charge in [-0.2, -0.15) is 0 Å². The normalized spacial score (nSPS) is 10.6. The van der Waals surface area contributed by atoms with Gasteiger partial charge in [0.1, 0.15) is 0 Å². The number of nitrogens with one attached hydrogen (secondary N) is 1. The van der Waals surface area contributed by atoms with Crippen molar-refractivity contribution in [3.8, 4) is 11.4 Å². The average Bonchev–Trinajstić information content (AvgIpc) is 2.82. The summed E-state index contributed by atoms with van der Waals surface area (Å²) in [5.41, 5.74) is 1.86. The van der Waals surface area contributed by atoms with E-state index < -0.39 is 0 Å². The van der Waals surface area contributed by atoms with Crippen LogP contribution in [0.15, 0.2) is 59.1 Å². The van der Waals surface area contributed by atoms with Gasteiger partial charge in [-0.15, -0.1) is 0 Å². The van der Waals surface area contributed by atoms with E-state index in [9.17, 15) is 0 Å². The Bertz CT molecular complexity index is 764. The van der Waals surface area contributed by atoms with Crippen molar-refractivity contribution in [1.82, 2.24) is 15.0 Å². The van der Waals surface area contributed by atoms with Crippen LogP contribution in [0.5, 0.6) is 0 Å². The van der Waals surface area contributed by atoms with Crippen molar-refractivity contribution in [2.24, 2.45) is 0 Å². The number of benzene rings is 2. The highest BCUT2D eigenvalue weighted by Crippen LogP contribution is 2.19. The highest BCUT2D eigenvalue weighted by atomic mass is 79.9. The molecule has 6 heteroatoms. The summed E-state index contributed by atoms with van der Waals surface area (Å²) in [5, 5.41) is 7.46. The van der Waals surface area contributed by atoms with Crippen LogP contribution in [0.2, 0.25) is 0 Å². The summed E-state index contributed by atoms with van der Waals surface area (Å²) >= 11 is 8.80. The van der Waals surface area contributed by atoms with Gasteiger partial charge in [0.15, 0.2) is 11.4 Å². The fourth-order valence-electron chi connectivity index (χ4n) is 1.76. The van der Waals surface area contributed by atoms with Crippen molar-refractivity contribution in [1.29, 1.82) is 0 Å². The first-order chi connectivity index (χ1) is 9.25. The van der Waals surface area contributed by atoms with Crippen LogP contribution in [-0.2, 0) is 0 Å². The lowest BCUT2D eigenvalue weighted by molar-refractivity contribution is -0.718. The molecule has 2 aromatic carbocycles. The molecule has 0 amide bonds. The Kier molecular flexibility index (Phi) is 3.27. The zero-order valence-electron chi connectivity index (χ0n) is 9.82. The van der Waals surface area contributed by atoms with Gasteiger partial charge in [-0.25, -0.2) is 0 Å². The molecular weight excluding hydrogens is 324 g/mol. The quantitative estimate of drug-likeness (QED) is 0.578. The second-order valence-electron chi connectivity index (χ2n) is 3.92. The lowest BCUT2D eigenvalue weighted by Crippen LogP contribution is -2.36. The Balaban J connectivity index is 2.14. The second-order valence-corrected chi connectivity index (χ2v) is 5.14. The lowest BCUT2D eigenvalue weighted by Gasteiger charge is -1.96. The number of aromatic nitrogens is 4. The average molecular weight is 334 g/mol. The van der Waals surface area contributed by atoms with E-state index >= 15 is 0 Å². The first-order valence-corrected chi connectivity index (χ1v) is 6.87. The maximum Gasteiger partial charge on any atom is 0.353 e. The van der Waals surface area contributed by atoms with E-state index in [0.717, 1.165) is 15.8 Å². The predicted molar refractivity (Wildman–Crippen MR) is 78.0 cm³/mol. The first-order valence-electron chi connectivity index (χ1n) is 5.67. The topological polar surface area (TPSA) is 37.5 Å². The Morgan fingerprint density at radius 3 is 2.47 bits per heavy atom. The smallest absolute Gasteiger partial charge is 0.0929 e. The van der Waals surface area contributed by atoms with Gasteiger partial charge in [0.2, 0.25) is 0 Å². The van der Waals surface area contributed by atoms with Gasteiger partial charge in [0.25, 0.3) is 0 Å². The summed E-state index contributed by atoms with van der Waals surface area (Å²) in [5.74, 6) is 0. The molecule has 0 atom stereocenters. The minimum absolute atomic E-state index is 0.468. The number of tetrazole rings is 1. The Labute approximate surface area is 123 Å². The molecule has 0 aliphatic carbocycles. The van der Waals surface area contributed by atoms with Gasteiger partial charge in [-0.1, -0.05) is 40.2 Å². The summed E-state index contributed by atoms with van der Waals surface area (Å²) in [4.78, 5) is 1.65. The monoisotopic (exact) mass is 333 g/mol. The molecule has 1 aromatic heterocycles. The number of H-pyrrole nitrogens is 1. The van der Waals surface area contributed by atoms with Crippen LogP contribution in [0.4, 0.5) is 0 Å². The van der Waals surface area contributed by atoms with Crippen LogP contribution < -0.4 is 4.80 Å². The molecule has 3 aromatic rings. The number of nitrogens with zero attached hydrogens (tertiary/aromatic N) is 3. The highest BCUT2D eigenvalue weighted by molar-refractivity contribution is 9.10. The number of hydrogen-bond acceptors (Lipinski definition) is 2. The Morgan fingerprint density at radius 2 is 1.74 bits per heavy atom. The molecular formula is C13H10BrN4S+. The van der Waals surface area contributed by atoms with Crippen molar-refractivity contribution in [3.63, 3.8) is 0 Å². The molecule has 0 radical (unpaired) electrons. The van der Waals surface area contributed by atoms with E-state index in [2.05, 4.69) is 26.2 Å². The molecule has 1 N–H and O–H groups in total. The van der Waals surface area contributed by atoms with Gasteiger partial charge in [-0.05, 0) is 57.2 Å². The first kappa shape index (κ1) is 12.3. The number of hydrogen-bond donors (Lipinski definition) is 1. The molecule has 0 bridgehead atoms. The SMILES string of the molecule is S=c1n[n+](-c2ccccc2)[nH]n1-c1ccccc1Br. The Morgan fingerprint density at radius 1 is 1.05 bits per heavy atom. The van der Waals surface area contributed by atoms with Crippen molar-refractivity contribution >= 4 is 28.1 Å². The molecule has 0 aliphatic rings. The summed E-state index contributed by atoms with van der Waals surface area (Å²) in [6.45, 7) is 0. The summed E-state index contributed by atoms with van der Waals surface area (Å²) in [7, 11) is 0. The van der Waals surface area contributed by atoms with Gasteiger partial charge in [-0.3, -0.25) is 0 Å². The molecule has 19 heavy (non-hydrogen) atoms. The van der Waals surface area contributed by atoms with E-state index in [0.29, 0.717) is 4.77 Å². The zero-order valence-corrected chi connectivity index (χ0v) is 12.2. The molecule has 0 unspecified atom stereocenters. The zero-order chi connectivity index (χ0) is 13.2. The highest BCUT2D eigenvalue weighted by Gasteiger charge is 2.15. The minimum Gasteiger partial charge on any atom is -0.0929 e.